The first-order valence-corrected chi connectivity index (χ1v) is 20.7. The highest BCUT2D eigenvalue weighted by Crippen LogP contribution is 2.18. The highest BCUT2D eigenvalue weighted by Gasteiger charge is 1.97. The summed E-state index contributed by atoms with van der Waals surface area (Å²) in [7, 11) is 0. The van der Waals surface area contributed by atoms with Gasteiger partial charge in [0.15, 0.2) is 0 Å². The highest BCUT2D eigenvalue weighted by atomic mass is 32.2. The Morgan fingerprint density at radius 3 is 0.796 bits per heavy atom. The van der Waals surface area contributed by atoms with E-state index in [1.165, 1.54) is 121 Å². The van der Waals surface area contributed by atoms with Gasteiger partial charge in [-0.1, -0.05) is 105 Å². The molecule has 49 heavy (non-hydrogen) atoms. The Morgan fingerprint density at radius 2 is 0.571 bits per heavy atom. The van der Waals surface area contributed by atoms with Crippen molar-refractivity contribution in [2.24, 2.45) is 5.73 Å². The second-order valence-corrected chi connectivity index (χ2v) is 16.0. The SMILES string of the molecule is CC(C)=CCC/C(C)=C/CC/C(C)=C/CC/C(C)=C/CC/C(C)=C/CC/C(C)=C/CC/C(C)=C/CC/C(C)=C/CC/C(C)=C/CSCCN. The molecular formula is C47H79NS. The molecule has 2 heteroatoms. The largest absolute Gasteiger partial charge is 0.330 e. The van der Waals surface area contributed by atoms with Crippen LogP contribution in [-0.4, -0.2) is 18.1 Å². The number of nitrogens with two attached hydrogens (primary N) is 1. The molecule has 0 atom stereocenters. The standard InChI is InChI=1S/C47H79NS/c1-39(2)19-11-20-40(3)21-12-22-41(4)23-13-24-42(5)25-14-26-43(6)27-15-28-44(7)29-16-30-45(8)31-17-32-46(9)33-18-34-47(10)35-37-49-38-36-48/h19,21,23,25,27,29,31,33,35H,11-18,20,22,24,26,28,30,32,34,36-38,48H2,1-10H3/b40-21+,41-23+,42-25+,43-27+,44-29+,45-31+,46-33+,47-35+. The molecule has 0 fully saturated rings. The van der Waals surface area contributed by atoms with E-state index < -0.39 is 0 Å². The average molecular weight is 690 g/mol. The van der Waals surface area contributed by atoms with Crippen LogP contribution in [0.2, 0.25) is 0 Å². The zero-order valence-electron chi connectivity index (χ0n) is 34.1. The first-order valence-electron chi connectivity index (χ1n) is 19.6. The average Bonchev–Trinajstić information content (AvgIpc) is 3.03. The molecule has 0 spiro atoms. The maximum absolute atomic E-state index is 5.57. The molecule has 278 valence electrons. The Kier molecular flexibility index (Phi) is 30.6. The number of hydrogen-bond acceptors (Lipinski definition) is 2. The smallest absolute Gasteiger partial charge is 0.0116 e. The number of allylic oxidation sites excluding steroid dienone is 17. The van der Waals surface area contributed by atoms with Gasteiger partial charge in [0.2, 0.25) is 0 Å². The summed E-state index contributed by atoms with van der Waals surface area (Å²) in [5.74, 6) is 2.14. The molecule has 0 radical (unpaired) electrons. The fourth-order valence-electron chi connectivity index (χ4n) is 5.60. The summed E-state index contributed by atoms with van der Waals surface area (Å²) in [5, 5.41) is 0. The van der Waals surface area contributed by atoms with E-state index in [0.717, 1.165) is 50.2 Å². The quantitative estimate of drug-likeness (QED) is 0.0653. The Hall–Kier alpha value is -2.03. The minimum Gasteiger partial charge on any atom is -0.330 e. The van der Waals surface area contributed by atoms with Crippen molar-refractivity contribution in [3.8, 4) is 0 Å². The zero-order valence-corrected chi connectivity index (χ0v) is 34.9. The van der Waals surface area contributed by atoms with Crippen LogP contribution in [0.15, 0.2) is 105 Å². The van der Waals surface area contributed by atoms with E-state index in [2.05, 4.69) is 124 Å². The first kappa shape index (κ1) is 47.0. The molecule has 0 aliphatic heterocycles. The highest BCUT2D eigenvalue weighted by molar-refractivity contribution is 7.99. The first-order chi connectivity index (χ1) is 23.4. The molecule has 0 unspecified atom stereocenters. The number of thioether (sulfide) groups is 1. The molecule has 0 aromatic rings. The summed E-state index contributed by atoms with van der Waals surface area (Å²) in [4.78, 5) is 0. The molecule has 0 aromatic heterocycles. The Morgan fingerprint density at radius 1 is 0.347 bits per heavy atom. The fraction of sp³-hybridized carbons (Fsp3) is 0.617. The van der Waals surface area contributed by atoms with Gasteiger partial charge in [-0.3, -0.25) is 0 Å². The molecule has 0 saturated carbocycles. The summed E-state index contributed by atoms with van der Waals surface area (Å²) in [6.07, 6.45) is 40.6. The minimum atomic E-state index is 0.774. The second kappa shape index (κ2) is 31.9. The molecule has 0 aromatic carbocycles. The van der Waals surface area contributed by atoms with Gasteiger partial charge >= 0.3 is 0 Å². The van der Waals surface area contributed by atoms with Crippen LogP contribution in [0, 0.1) is 0 Å². The number of hydrogen-bond donors (Lipinski definition) is 1. The summed E-state index contributed by atoms with van der Waals surface area (Å²) >= 11 is 1.92. The third-order valence-electron chi connectivity index (χ3n) is 9.12. The van der Waals surface area contributed by atoms with Crippen molar-refractivity contribution < 1.29 is 0 Å². The van der Waals surface area contributed by atoms with Crippen molar-refractivity contribution >= 4 is 11.8 Å². The van der Waals surface area contributed by atoms with E-state index in [4.69, 9.17) is 5.73 Å². The van der Waals surface area contributed by atoms with E-state index >= 15 is 0 Å². The molecule has 1 nitrogen and oxygen atoms in total. The molecular weight excluding hydrogens is 611 g/mol. The van der Waals surface area contributed by atoms with E-state index in [0.29, 0.717) is 0 Å². The molecule has 0 saturated heterocycles. The maximum atomic E-state index is 5.57. The van der Waals surface area contributed by atoms with Crippen molar-refractivity contribution in [1.29, 1.82) is 0 Å². The van der Waals surface area contributed by atoms with E-state index in [9.17, 15) is 0 Å². The summed E-state index contributed by atoms with van der Waals surface area (Å²) in [5.41, 5.74) is 19.2. The lowest BCUT2D eigenvalue weighted by atomic mass is 10.0. The van der Waals surface area contributed by atoms with Gasteiger partial charge in [0.25, 0.3) is 0 Å². The van der Waals surface area contributed by atoms with Gasteiger partial charge < -0.3 is 5.73 Å². The molecule has 0 heterocycles. The Balaban J connectivity index is 4.21. The van der Waals surface area contributed by atoms with Gasteiger partial charge in [-0.05, 0) is 172 Å². The minimum absolute atomic E-state index is 0.774. The lowest BCUT2D eigenvalue weighted by molar-refractivity contribution is 0.880. The van der Waals surface area contributed by atoms with Gasteiger partial charge in [0.05, 0.1) is 0 Å². The Labute approximate surface area is 311 Å². The van der Waals surface area contributed by atoms with Crippen LogP contribution in [0.3, 0.4) is 0 Å². The molecule has 0 bridgehead atoms. The number of rotatable bonds is 28. The predicted octanol–water partition coefficient (Wildman–Crippen LogP) is 15.5. The third-order valence-corrected chi connectivity index (χ3v) is 10.1. The van der Waals surface area contributed by atoms with Crippen LogP contribution in [0.5, 0.6) is 0 Å². The zero-order chi connectivity index (χ0) is 36.7. The van der Waals surface area contributed by atoms with Gasteiger partial charge in [-0.15, -0.1) is 0 Å². The van der Waals surface area contributed by atoms with Crippen molar-refractivity contribution in [1.82, 2.24) is 0 Å². The molecule has 0 aliphatic rings. The van der Waals surface area contributed by atoms with Crippen LogP contribution in [0.1, 0.15) is 172 Å². The summed E-state index contributed by atoms with van der Waals surface area (Å²) in [6, 6.07) is 0. The molecule has 2 N–H and O–H groups in total. The van der Waals surface area contributed by atoms with Gasteiger partial charge in [0.1, 0.15) is 0 Å². The lowest BCUT2D eigenvalue weighted by Gasteiger charge is -2.04. The van der Waals surface area contributed by atoms with Crippen LogP contribution in [-0.2, 0) is 0 Å². The van der Waals surface area contributed by atoms with Crippen LogP contribution in [0.4, 0.5) is 0 Å². The summed E-state index contributed by atoms with van der Waals surface area (Å²) < 4.78 is 0. The molecule has 0 amide bonds. The van der Waals surface area contributed by atoms with Crippen LogP contribution in [0.25, 0.3) is 0 Å². The normalized spacial score (nSPS) is 14.6. The molecule has 0 rings (SSSR count). The van der Waals surface area contributed by atoms with E-state index in [1.54, 1.807) is 0 Å². The van der Waals surface area contributed by atoms with Gasteiger partial charge in [0, 0.05) is 18.1 Å². The van der Waals surface area contributed by atoms with Gasteiger partial charge in [-0.2, -0.15) is 11.8 Å². The van der Waals surface area contributed by atoms with Crippen molar-refractivity contribution in [3.63, 3.8) is 0 Å². The van der Waals surface area contributed by atoms with E-state index in [1.807, 2.05) is 11.8 Å². The van der Waals surface area contributed by atoms with Gasteiger partial charge in [-0.25, -0.2) is 0 Å². The van der Waals surface area contributed by atoms with Crippen molar-refractivity contribution in [2.75, 3.05) is 18.1 Å². The fourth-order valence-corrected chi connectivity index (χ4v) is 6.33. The Bertz CT molecular complexity index is 1160. The monoisotopic (exact) mass is 690 g/mol. The topological polar surface area (TPSA) is 26.0 Å². The predicted molar refractivity (Wildman–Crippen MR) is 230 cm³/mol. The lowest BCUT2D eigenvalue weighted by Crippen LogP contribution is -2.01. The summed E-state index contributed by atoms with van der Waals surface area (Å²) in [6.45, 7) is 23.5. The van der Waals surface area contributed by atoms with Crippen molar-refractivity contribution in [2.45, 2.75) is 172 Å². The van der Waals surface area contributed by atoms with Crippen LogP contribution >= 0.6 is 11.8 Å². The third kappa shape index (κ3) is 32.9. The maximum Gasteiger partial charge on any atom is 0.0116 e. The van der Waals surface area contributed by atoms with Crippen LogP contribution < -0.4 is 5.73 Å². The van der Waals surface area contributed by atoms with E-state index in [-0.39, 0.29) is 0 Å². The van der Waals surface area contributed by atoms with Crippen molar-refractivity contribution in [3.05, 3.63) is 105 Å². The second-order valence-electron chi connectivity index (χ2n) is 14.9. The molecule has 0 aliphatic carbocycles.